The predicted octanol–water partition coefficient (Wildman–Crippen LogP) is 3.11. The molecule has 2 aromatic rings. The molecule has 9 heteroatoms. The molecule has 4 N–H and O–H groups in total. The monoisotopic (exact) mass is 400 g/mol. The van der Waals surface area contributed by atoms with Crippen LogP contribution in [0.1, 0.15) is 18.6 Å². The molecule has 3 rings (SSSR count). The SMILES string of the molecule is C[C@@H](/C=C/C(=O)NO)[C@H](OC(=O)Nc1ccc2c(c1)OCO2)c1ccc(O)cc1. The van der Waals surface area contributed by atoms with E-state index >= 15 is 0 Å². The predicted molar refractivity (Wildman–Crippen MR) is 102 cm³/mol. The van der Waals surface area contributed by atoms with Gasteiger partial charge < -0.3 is 19.3 Å². The van der Waals surface area contributed by atoms with Crippen LogP contribution in [0, 0.1) is 5.92 Å². The first-order valence-corrected chi connectivity index (χ1v) is 8.74. The molecule has 2 aromatic carbocycles. The van der Waals surface area contributed by atoms with Gasteiger partial charge in [-0.25, -0.2) is 10.3 Å². The number of carbonyl (C=O) groups excluding carboxylic acids is 2. The molecule has 0 bridgehead atoms. The number of benzene rings is 2. The molecular formula is C20H20N2O7. The van der Waals surface area contributed by atoms with Gasteiger partial charge in [0.25, 0.3) is 5.91 Å². The van der Waals surface area contributed by atoms with Crippen molar-refractivity contribution in [3.05, 3.63) is 60.2 Å². The zero-order chi connectivity index (χ0) is 20.8. The number of anilines is 1. The van der Waals surface area contributed by atoms with Crippen LogP contribution in [0.15, 0.2) is 54.6 Å². The van der Waals surface area contributed by atoms with Crippen molar-refractivity contribution in [2.45, 2.75) is 13.0 Å². The Morgan fingerprint density at radius 1 is 1.14 bits per heavy atom. The molecular weight excluding hydrogens is 380 g/mol. The fourth-order valence-corrected chi connectivity index (χ4v) is 2.76. The first-order chi connectivity index (χ1) is 14.0. The molecule has 0 fully saturated rings. The van der Waals surface area contributed by atoms with E-state index in [1.165, 1.54) is 23.7 Å². The highest BCUT2D eigenvalue weighted by Gasteiger charge is 2.23. The highest BCUT2D eigenvalue weighted by Crippen LogP contribution is 2.34. The molecule has 1 heterocycles. The molecule has 0 saturated carbocycles. The molecule has 1 aliphatic heterocycles. The Morgan fingerprint density at radius 2 is 1.86 bits per heavy atom. The summed E-state index contributed by atoms with van der Waals surface area (Å²) in [5, 5.41) is 20.7. The Hall–Kier alpha value is -3.72. The highest BCUT2D eigenvalue weighted by atomic mass is 16.7. The van der Waals surface area contributed by atoms with Crippen molar-refractivity contribution < 1.29 is 34.1 Å². The molecule has 0 spiro atoms. The minimum absolute atomic E-state index is 0.0696. The Kier molecular flexibility index (Phi) is 6.20. The van der Waals surface area contributed by atoms with E-state index in [0.29, 0.717) is 22.7 Å². The smallest absolute Gasteiger partial charge is 0.412 e. The van der Waals surface area contributed by atoms with Crippen LogP contribution in [-0.4, -0.2) is 29.1 Å². The summed E-state index contributed by atoms with van der Waals surface area (Å²) < 4.78 is 16.1. The molecule has 2 amide bonds. The van der Waals surface area contributed by atoms with Crippen LogP contribution in [-0.2, 0) is 9.53 Å². The van der Waals surface area contributed by atoms with E-state index in [0.717, 1.165) is 6.08 Å². The Morgan fingerprint density at radius 3 is 2.59 bits per heavy atom. The first kappa shape index (κ1) is 20.0. The zero-order valence-electron chi connectivity index (χ0n) is 15.5. The third-order valence-corrected chi connectivity index (χ3v) is 4.21. The van der Waals surface area contributed by atoms with Gasteiger partial charge in [0, 0.05) is 23.7 Å². The third-order valence-electron chi connectivity index (χ3n) is 4.21. The summed E-state index contributed by atoms with van der Waals surface area (Å²) in [6.45, 7) is 1.87. The standard InChI is InChI=1S/C20H20N2O7/c1-12(2-9-18(24)22-26)19(13-3-6-15(23)7-4-13)29-20(25)21-14-5-8-16-17(10-14)28-11-27-16/h2-10,12,19,23,26H,11H2,1H3,(H,21,25)(H,22,24)/b9-2+/t12-,19-/m0/s1. The zero-order valence-corrected chi connectivity index (χ0v) is 15.5. The molecule has 0 aromatic heterocycles. The highest BCUT2D eigenvalue weighted by molar-refractivity contribution is 5.86. The number of aromatic hydroxyl groups is 1. The van der Waals surface area contributed by atoms with Gasteiger partial charge in [-0.2, -0.15) is 0 Å². The average Bonchev–Trinajstić information content (AvgIpc) is 3.18. The minimum Gasteiger partial charge on any atom is -0.508 e. The maximum atomic E-state index is 12.5. The summed E-state index contributed by atoms with van der Waals surface area (Å²) in [5.41, 5.74) is 2.58. The normalized spacial score (nSPS) is 14.3. The van der Waals surface area contributed by atoms with E-state index in [4.69, 9.17) is 19.4 Å². The van der Waals surface area contributed by atoms with E-state index in [1.807, 2.05) is 0 Å². The van der Waals surface area contributed by atoms with Gasteiger partial charge in [-0.05, 0) is 29.8 Å². The summed E-state index contributed by atoms with van der Waals surface area (Å²) in [4.78, 5) is 23.7. The second kappa shape index (κ2) is 8.98. The van der Waals surface area contributed by atoms with Gasteiger partial charge in [-0.3, -0.25) is 15.3 Å². The molecule has 0 unspecified atom stereocenters. The van der Waals surface area contributed by atoms with Crippen LogP contribution in [0.2, 0.25) is 0 Å². The van der Waals surface area contributed by atoms with E-state index in [1.54, 1.807) is 37.3 Å². The number of nitrogens with one attached hydrogen (secondary N) is 2. The van der Waals surface area contributed by atoms with Crippen LogP contribution in [0.4, 0.5) is 10.5 Å². The molecule has 0 aliphatic carbocycles. The van der Waals surface area contributed by atoms with Crippen molar-refractivity contribution in [1.29, 1.82) is 0 Å². The van der Waals surface area contributed by atoms with Crippen LogP contribution >= 0.6 is 0 Å². The van der Waals surface area contributed by atoms with Crippen molar-refractivity contribution in [3.63, 3.8) is 0 Å². The van der Waals surface area contributed by atoms with Crippen molar-refractivity contribution in [1.82, 2.24) is 5.48 Å². The quantitative estimate of drug-likeness (QED) is 0.333. The van der Waals surface area contributed by atoms with Gasteiger partial charge in [0.05, 0.1) is 0 Å². The molecule has 0 saturated heterocycles. The summed E-state index contributed by atoms with van der Waals surface area (Å²) in [5.74, 6) is 0.0571. The Labute approximate surface area is 166 Å². The lowest BCUT2D eigenvalue weighted by molar-refractivity contribution is -0.124. The van der Waals surface area contributed by atoms with Crippen LogP contribution in [0.3, 0.4) is 0 Å². The minimum atomic E-state index is -0.757. The second-order valence-electron chi connectivity index (χ2n) is 6.30. The number of ether oxygens (including phenoxy) is 3. The van der Waals surface area contributed by atoms with Crippen molar-refractivity contribution in [2.75, 3.05) is 12.1 Å². The van der Waals surface area contributed by atoms with Gasteiger partial charge in [-0.1, -0.05) is 25.1 Å². The lowest BCUT2D eigenvalue weighted by Gasteiger charge is -2.23. The van der Waals surface area contributed by atoms with Gasteiger partial charge in [-0.15, -0.1) is 0 Å². The van der Waals surface area contributed by atoms with Gasteiger partial charge >= 0.3 is 6.09 Å². The summed E-state index contributed by atoms with van der Waals surface area (Å²) in [6.07, 6.45) is 1.16. The fourth-order valence-electron chi connectivity index (χ4n) is 2.76. The number of rotatable bonds is 6. The molecule has 1 aliphatic rings. The van der Waals surface area contributed by atoms with Crippen LogP contribution < -0.4 is 20.3 Å². The summed E-state index contributed by atoms with van der Waals surface area (Å²) in [6, 6.07) is 11.1. The van der Waals surface area contributed by atoms with Gasteiger partial charge in [0.15, 0.2) is 11.5 Å². The lowest BCUT2D eigenvalue weighted by Crippen LogP contribution is -2.22. The van der Waals surface area contributed by atoms with Crippen molar-refractivity contribution in [3.8, 4) is 17.2 Å². The summed E-state index contributed by atoms with van der Waals surface area (Å²) in [7, 11) is 0. The fraction of sp³-hybridized carbons (Fsp3) is 0.200. The molecule has 9 nitrogen and oxygen atoms in total. The van der Waals surface area contributed by atoms with E-state index in [-0.39, 0.29) is 12.5 Å². The van der Waals surface area contributed by atoms with Gasteiger partial charge in [0.1, 0.15) is 11.9 Å². The van der Waals surface area contributed by atoms with E-state index < -0.39 is 24.0 Å². The third kappa shape index (κ3) is 5.17. The van der Waals surface area contributed by atoms with E-state index in [2.05, 4.69) is 5.32 Å². The second-order valence-corrected chi connectivity index (χ2v) is 6.30. The number of hydroxylamine groups is 1. The Balaban J connectivity index is 1.74. The number of amides is 2. The number of phenols is 1. The number of phenolic OH excluding ortho intramolecular Hbond substituents is 1. The topological polar surface area (TPSA) is 126 Å². The van der Waals surface area contributed by atoms with Gasteiger partial charge in [0.2, 0.25) is 6.79 Å². The van der Waals surface area contributed by atoms with Crippen LogP contribution in [0.25, 0.3) is 0 Å². The lowest BCUT2D eigenvalue weighted by atomic mass is 9.96. The largest absolute Gasteiger partial charge is 0.508 e. The van der Waals surface area contributed by atoms with Crippen LogP contribution in [0.5, 0.6) is 17.2 Å². The average molecular weight is 400 g/mol. The number of hydrogen-bond acceptors (Lipinski definition) is 7. The molecule has 0 radical (unpaired) electrons. The number of fused-ring (bicyclic) bond motifs is 1. The van der Waals surface area contributed by atoms with Crippen molar-refractivity contribution >= 4 is 17.7 Å². The maximum Gasteiger partial charge on any atom is 0.412 e. The number of carbonyl (C=O) groups is 2. The molecule has 29 heavy (non-hydrogen) atoms. The Bertz CT molecular complexity index is 912. The number of hydrogen-bond donors (Lipinski definition) is 4. The maximum absolute atomic E-state index is 12.5. The van der Waals surface area contributed by atoms with E-state index in [9.17, 15) is 14.7 Å². The molecule has 152 valence electrons. The van der Waals surface area contributed by atoms with Crippen molar-refractivity contribution in [2.24, 2.45) is 5.92 Å². The summed E-state index contributed by atoms with van der Waals surface area (Å²) >= 11 is 0. The first-order valence-electron chi connectivity index (χ1n) is 8.74. The molecule has 2 atom stereocenters.